The second-order valence-corrected chi connectivity index (χ2v) is 5.89. The van der Waals surface area contributed by atoms with E-state index in [1.165, 1.54) is 23.7 Å². The standard InChI is InChI=1S/C18H19N3O/c1-21-9-7-13-10-16(4-5-18(13)21)22-17-6-8-19-15(11-17)12-20-14-2-3-14/h4-11,14,20H,2-3,12H2,1H3. The number of rotatable bonds is 5. The fourth-order valence-corrected chi connectivity index (χ4v) is 2.61. The summed E-state index contributed by atoms with van der Waals surface area (Å²) in [6.45, 7) is 0.805. The number of ether oxygens (including phenoxy) is 1. The first-order chi connectivity index (χ1) is 10.8. The van der Waals surface area contributed by atoms with E-state index in [9.17, 15) is 0 Å². The molecule has 0 aliphatic heterocycles. The van der Waals surface area contributed by atoms with Crippen LogP contribution in [0.15, 0.2) is 48.8 Å². The zero-order chi connectivity index (χ0) is 14.9. The molecule has 0 radical (unpaired) electrons. The average Bonchev–Trinajstić information content (AvgIpc) is 3.29. The Balaban J connectivity index is 1.51. The van der Waals surface area contributed by atoms with Crippen molar-refractivity contribution in [3.63, 3.8) is 0 Å². The number of aromatic nitrogens is 2. The highest BCUT2D eigenvalue weighted by atomic mass is 16.5. The van der Waals surface area contributed by atoms with Crippen LogP contribution in [0.3, 0.4) is 0 Å². The Kier molecular flexibility index (Phi) is 3.31. The van der Waals surface area contributed by atoms with E-state index in [0.29, 0.717) is 6.04 Å². The normalized spacial score (nSPS) is 14.4. The van der Waals surface area contributed by atoms with Crippen molar-refractivity contribution in [1.29, 1.82) is 0 Å². The van der Waals surface area contributed by atoms with E-state index in [-0.39, 0.29) is 0 Å². The van der Waals surface area contributed by atoms with E-state index in [1.54, 1.807) is 6.20 Å². The van der Waals surface area contributed by atoms with Crippen LogP contribution < -0.4 is 10.1 Å². The first kappa shape index (κ1) is 13.3. The van der Waals surface area contributed by atoms with Crippen LogP contribution in [-0.2, 0) is 13.6 Å². The minimum absolute atomic E-state index is 0.687. The zero-order valence-electron chi connectivity index (χ0n) is 12.6. The lowest BCUT2D eigenvalue weighted by Gasteiger charge is -2.08. The summed E-state index contributed by atoms with van der Waals surface area (Å²) in [6.07, 6.45) is 6.43. The van der Waals surface area contributed by atoms with E-state index in [2.05, 4.69) is 39.3 Å². The smallest absolute Gasteiger partial charge is 0.130 e. The molecule has 1 fully saturated rings. The van der Waals surface area contributed by atoms with Gasteiger partial charge in [-0.2, -0.15) is 0 Å². The summed E-state index contributed by atoms with van der Waals surface area (Å²) in [6, 6.07) is 12.8. The molecule has 4 heteroatoms. The third kappa shape index (κ3) is 2.83. The van der Waals surface area contributed by atoms with Crippen molar-refractivity contribution in [3.8, 4) is 11.5 Å². The van der Waals surface area contributed by atoms with Crippen molar-refractivity contribution >= 4 is 10.9 Å². The fraction of sp³-hybridized carbons (Fsp3) is 0.278. The van der Waals surface area contributed by atoms with E-state index in [0.717, 1.165) is 23.7 Å². The van der Waals surface area contributed by atoms with Crippen molar-refractivity contribution in [2.24, 2.45) is 7.05 Å². The van der Waals surface area contributed by atoms with Crippen LogP contribution in [0.5, 0.6) is 11.5 Å². The molecule has 0 unspecified atom stereocenters. The molecule has 0 atom stereocenters. The molecule has 1 aliphatic rings. The molecule has 0 bridgehead atoms. The molecule has 3 aromatic rings. The highest BCUT2D eigenvalue weighted by molar-refractivity contribution is 5.81. The van der Waals surface area contributed by atoms with Crippen molar-refractivity contribution in [1.82, 2.24) is 14.9 Å². The number of hydrogen-bond donors (Lipinski definition) is 1. The Bertz CT molecular complexity index is 805. The van der Waals surface area contributed by atoms with Crippen LogP contribution in [0.4, 0.5) is 0 Å². The number of nitrogens with one attached hydrogen (secondary N) is 1. The van der Waals surface area contributed by atoms with Gasteiger partial charge in [-0.3, -0.25) is 4.98 Å². The van der Waals surface area contributed by atoms with Gasteiger partial charge in [0.1, 0.15) is 11.5 Å². The molecule has 22 heavy (non-hydrogen) atoms. The molecule has 0 spiro atoms. The minimum Gasteiger partial charge on any atom is -0.457 e. The summed E-state index contributed by atoms with van der Waals surface area (Å²) >= 11 is 0. The number of fused-ring (bicyclic) bond motifs is 1. The van der Waals surface area contributed by atoms with Gasteiger partial charge in [0.25, 0.3) is 0 Å². The molecule has 4 rings (SSSR count). The summed E-state index contributed by atoms with van der Waals surface area (Å²) < 4.78 is 8.09. The van der Waals surface area contributed by atoms with Crippen LogP contribution >= 0.6 is 0 Å². The van der Waals surface area contributed by atoms with Gasteiger partial charge in [-0.1, -0.05) is 0 Å². The predicted octanol–water partition coefficient (Wildman–Crippen LogP) is 3.62. The molecule has 2 heterocycles. The quantitative estimate of drug-likeness (QED) is 0.781. The second kappa shape index (κ2) is 5.46. The van der Waals surface area contributed by atoms with Crippen LogP contribution in [0, 0.1) is 0 Å². The van der Waals surface area contributed by atoms with Crippen LogP contribution in [0.2, 0.25) is 0 Å². The third-order valence-corrected chi connectivity index (χ3v) is 4.03. The van der Waals surface area contributed by atoms with Gasteiger partial charge in [0, 0.05) is 49.0 Å². The average molecular weight is 293 g/mol. The predicted molar refractivity (Wildman–Crippen MR) is 87.1 cm³/mol. The van der Waals surface area contributed by atoms with Gasteiger partial charge in [-0.15, -0.1) is 0 Å². The lowest BCUT2D eigenvalue weighted by molar-refractivity contribution is 0.481. The molecule has 0 amide bonds. The third-order valence-electron chi connectivity index (χ3n) is 4.03. The zero-order valence-corrected chi connectivity index (χ0v) is 12.6. The van der Waals surface area contributed by atoms with Crippen LogP contribution in [0.1, 0.15) is 18.5 Å². The maximum Gasteiger partial charge on any atom is 0.130 e. The lowest BCUT2D eigenvalue weighted by Crippen LogP contribution is -2.16. The molecule has 4 nitrogen and oxygen atoms in total. The largest absolute Gasteiger partial charge is 0.457 e. The van der Waals surface area contributed by atoms with Gasteiger partial charge >= 0.3 is 0 Å². The topological polar surface area (TPSA) is 39.1 Å². The summed E-state index contributed by atoms with van der Waals surface area (Å²) in [5.41, 5.74) is 2.22. The molecule has 1 aromatic carbocycles. The van der Waals surface area contributed by atoms with Gasteiger partial charge in [-0.05, 0) is 43.2 Å². The molecule has 1 N–H and O–H groups in total. The van der Waals surface area contributed by atoms with Crippen molar-refractivity contribution in [2.45, 2.75) is 25.4 Å². The monoisotopic (exact) mass is 293 g/mol. The Labute approximate surface area is 129 Å². The van der Waals surface area contributed by atoms with Crippen molar-refractivity contribution in [3.05, 3.63) is 54.5 Å². The highest BCUT2D eigenvalue weighted by Crippen LogP contribution is 2.26. The van der Waals surface area contributed by atoms with Gasteiger partial charge in [0.05, 0.1) is 5.69 Å². The fourth-order valence-electron chi connectivity index (χ4n) is 2.61. The molecular formula is C18H19N3O. The van der Waals surface area contributed by atoms with Crippen molar-refractivity contribution in [2.75, 3.05) is 0 Å². The highest BCUT2D eigenvalue weighted by Gasteiger charge is 2.20. The first-order valence-electron chi connectivity index (χ1n) is 7.69. The molecule has 1 saturated carbocycles. The van der Waals surface area contributed by atoms with Crippen LogP contribution in [-0.4, -0.2) is 15.6 Å². The maximum atomic E-state index is 5.98. The Morgan fingerprint density at radius 3 is 2.91 bits per heavy atom. The summed E-state index contributed by atoms with van der Waals surface area (Å²) in [5, 5.41) is 4.65. The minimum atomic E-state index is 0.687. The van der Waals surface area contributed by atoms with E-state index < -0.39 is 0 Å². The Morgan fingerprint density at radius 1 is 1.18 bits per heavy atom. The van der Waals surface area contributed by atoms with E-state index in [1.807, 2.05) is 25.2 Å². The molecule has 2 aromatic heterocycles. The molecule has 112 valence electrons. The van der Waals surface area contributed by atoms with Gasteiger partial charge in [0.15, 0.2) is 0 Å². The molecule has 1 aliphatic carbocycles. The molecular weight excluding hydrogens is 274 g/mol. The number of hydrogen-bond acceptors (Lipinski definition) is 3. The SMILES string of the molecule is Cn1ccc2cc(Oc3ccnc(CNC4CC4)c3)ccc21. The summed E-state index contributed by atoms with van der Waals surface area (Å²) in [7, 11) is 2.05. The Morgan fingerprint density at radius 2 is 2.05 bits per heavy atom. The van der Waals surface area contributed by atoms with Crippen LogP contribution in [0.25, 0.3) is 10.9 Å². The molecule has 0 saturated heterocycles. The number of pyridine rings is 1. The second-order valence-electron chi connectivity index (χ2n) is 5.89. The van der Waals surface area contributed by atoms with Gasteiger partial charge in [0.2, 0.25) is 0 Å². The number of benzene rings is 1. The lowest BCUT2D eigenvalue weighted by atomic mass is 10.2. The number of aryl methyl sites for hydroxylation is 1. The number of nitrogens with zero attached hydrogens (tertiary/aromatic N) is 2. The Hall–Kier alpha value is -2.33. The summed E-state index contributed by atoms with van der Waals surface area (Å²) in [5.74, 6) is 1.68. The van der Waals surface area contributed by atoms with Gasteiger partial charge in [-0.25, -0.2) is 0 Å². The van der Waals surface area contributed by atoms with Crippen molar-refractivity contribution < 1.29 is 4.74 Å². The maximum absolute atomic E-state index is 5.98. The summed E-state index contributed by atoms with van der Waals surface area (Å²) in [4.78, 5) is 4.39. The van der Waals surface area contributed by atoms with Gasteiger partial charge < -0.3 is 14.6 Å². The van der Waals surface area contributed by atoms with E-state index >= 15 is 0 Å². The first-order valence-corrected chi connectivity index (χ1v) is 7.69. The van der Waals surface area contributed by atoms with E-state index in [4.69, 9.17) is 4.74 Å².